The third-order valence-corrected chi connectivity index (χ3v) is 1.68. The van der Waals surface area contributed by atoms with Crippen molar-refractivity contribution in [1.29, 1.82) is 5.26 Å². The van der Waals surface area contributed by atoms with Crippen LogP contribution in [0.5, 0.6) is 0 Å². The van der Waals surface area contributed by atoms with E-state index in [-0.39, 0.29) is 0 Å². The maximum Gasteiger partial charge on any atom is 0.148 e. The van der Waals surface area contributed by atoms with Crippen LogP contribution in [0.25, 0.3) is 0 Å². The quantitative estimate of drug-likeness (QED) is 0.715. The van der Waals surface area contributed by atoms with Gasteiger partial charge in [0.25, 0.3) is 0 Å². The summed E-state index contributed by atoms with van der Waals surface area (Å²) in [4.78, 5) is 0. The van der Waals surface area contributed by atoms with Gasteiger partial charge in [-0.25, -0.2) is 0 Å². The first-order valence-corrected chi connectivity index (χ1v) is 4.40. The molecule has 0 aromatic carbocycles. The topological polar surface area (TPSA) is 53.6 Å². The summed E-state index contributed by atoms with van der Waals surface area (Å²) in [5, 5.41) is 15.7. The van der Waals surface area contributed by atoms with Gasteiger partial charge in [-0.15, -0.1) is 0 Å². The highest BCUT2D eigenvalue weighted by molar-refractivity contribution is 5.32. The standard InChI is InChI=1S/C9H14N4/c1-8(2)13-7-4-9(12-13)11-6-3-5-10/h4,7-8H,3,6H2,1-2H3,(H,11,12). The summed E-state index contributed by atoms with van der Waals surface area (Å²) in [5.74, 6) is 0.837. The molecule has 0 saturated heterocycles. The first-order chi connectivity index (χ1) is 6.24. The summed E-state index contributed by atoms with van der Waals surface area (Å²) in [7, 11) is 0. The Kier molecular flexibility index (Phi) is 3.32. The fourth-order valence-corrected chi connectivity index (χ4v) is 0.966. The van der Waals surface area contributed by atoms with Gasteiger partial charge in [0, 0.05) is 24.8 Å². The van der Waals surface area contributed by atoms with E-state index in [2.05, 4.69) is 30.3 Å². The molecule has 0 fully saturated rings. The molecule has 1 heterocycles. The van der Waals surface area contributed by atoms with Crippen molar-refractivity contribution in [3.63, 3.8) is 0 Å². The summed E-state index contributed by atoms with van der Waals surface area (Å²) in [6, 6.07) is 4.37. The lowest BCUT2D eigenvalue weighted by atomic mass is 10.4. The van der Waals surface area contributed by atoms with Crippen LogP contribution < -0.4 is 5.32 Å². The molecule has 0 spiro atoms. The van der Waals surface area contributed by atoms with Gasteiger partial charge in [-0.2, -0.15) is 10.4 Å². The number of nitrogens with one attached hydrogen (secondary N) is 1. The Morgan fingerprint density at radius 1 is 1.69 bits per heavy atom. The van der Waals surface area contributed by atoms with Crippen LogP contribution in [0.1, 0.15) is 26.3 Å². The molecule has 1 aromatic rings. The second-order valence-electron chi connectivity index (χ2n) is 3.11. The lowest BCUT2D eigenvalue weighted by Gasteiger charge is -2.03. The van der Waals surface area contributed by atoms with Gasteiger partial charge >= 0.3 is 0 Å². The summed E-state index contributed by atoms with van der Waals surface area (Å²) in [5.41, 5.74) is 0. The van der Waals surface area contributed by atoms with Crippen molar-refractivity contribution in [2.24, 2.45) is 0 Å². The number of hydrogen-bond donors (Lipinski definition) is 1. The molecule has 13 heavy (non-hydrogen) atoms. The summed E-state index contributed by atoms with van der Waals surface area (Å²) >= 11 is 0. The highest BCUT2D eigenvalue weighted by atomic mass is 15.3. The van der Waals surface area contributed by atoms with E-state index in [0.29, 0.717) is 19.0 Å². The largest absolute Gasteiger partial charge is 0.368 e. The fraction of sp³-hybridized carbons (Fsp3) is 0.556. The second kappa shape index (κ2) is 4.51. The first kappa shape index (κ1) is 9.59. The van der Waals surface area contributed by atoms with Gasteiger partial charge in [-0.05, 0) is 13.8 Å². The van der Waals surface area contributed by atoms with Crippen LogP contribution in [-0.2, 0) is 0 Å². The number of rotatable bonds is 4. The summed E-state index contributed by atoms with van der Waals surface area (Å²) < 4.78 is 1.88. The number of aromatic nitrogens is 2. The van der Waals surface area contributed by atoms with Crippen LogP contribution in [0, 0.1) is 11.3 Å². The van der Waals surface area contributed by atoms with Gasteiger partial charge in [0.05, 0.1) is 12.5 Å². The Hall–Kier alpha value is -1.50. The van der Waals surface area contributed by atoms with E-state index in [1.807, 2.05) is 16.9 Å². The molecular weight excluding hydrogens is 164 g/mol. The van der Waals surface area contributed by atoms with Gasteiger partial charge in [0.2, 0.25) is 0 Å². The molecule has 1 N–H and O–H groups in total. The van der Waals surface area contributed by atoms with Crippen LogP contribution in [0.3, 0.4) is 0 Å². The fourth-order valence-electron chi connectivity index (χ4n) is 0.966. The molecule has 0 atom stereocenters. The molecule has 0 saturated carbocycles. The van der Waals surface area contributed by atoms with Crippen molar-refractivity contribution < 1.29 is 0 Å². The normalized spacial score (nSPS) is 10.0. The molecule has 0 unspecified atom stereocenters. The number of nitriles is 1. The number of anilines is 1. The van der Waals surface area contributed by atoms with Crippen molar-refractivity contribution in [3.8, 4) is 6.07 Å². The van der Waals surface area contributed by atoms with Crippen LogP contribution in [0.15, 0.2) is 12.3 Å². The van der Waals surface area contributed by atoms with Gasteiger partial charge in [0.1, 0.15) is 5.82 Å². The monoisotopic (exact) mass is 178 g/mol. The van der Waals surface area contributed by atoms with Crippen LogP contribution in [0.4, 0.5) is 5.82 Å². The molecule has 70 valence electrons. The molecule has 0 radical (unpaired) electrons. The maximum absolute atomic E-state index is 8.32. The molecule has 4 nitrogen and oxygen atoms in total. The van der Waals surface area contributed by atoms with E-state index in [0.717, 1.165) is 5.82 Å². The lowest BCUT2D eigenvalue weighted by Crippen LogP contribution is -2.04. The molecule has 1 rings (SSSR count). The van der Waals surface area contributed by atoms with E-state index < -0.39 is 0 Å². The molecule has 0 amide bonds. The van der Waals surface area contributed by atoms with Crippen molar-refractivity contribution in [1.82, 2.24) is 9.78 Å². The average molecular weight is 178 g/mol. The molecule has 4 heteroatoms. The molecule has 0 aliphatic heterocycles. The number of nitrogens with zero attached hydrogens (tertiary/aromatic N) is 3. The van der Waals surface area contributed by atoms with Crippen molar-refractivity contribution in [3.05, 3.63) is 12.3 Å². The van der Waals surface area contributed by atoms with Crippen LogP contribution >= 0.6 is 0 Å². The minimum Gasteiger partial charge on any atom is -0.368 e. The zero-order chi connectivity index (χ0) is 9.68. The Morgan fingerprint density at radius 2 is 2.46 bits per heavy atom. The summed E-state index contributed by atoms with van der Waals surface area (Å²) in [6.07, 6.45) is 2.44. The first-order valence-electron chi connectivity index (χ1n) is 4.40. The smallest absolute Gasteiger partial charge is 0.148 e. The van der Waals surface area contributed by atoms with E-state index in [1.165, 1.54) is 0 Å². The van der Waals surface area contributed by atoms with Crippen molar-refractivity contribution in [2.75, 3.05) is 11.9 Å². The summed E-state index contributed by atoms with van der Waals surface area (Å²) in [6.45, 7) is 4.81. The number of hydrogen-bond acceptors (Lipinski definition) is 3. The average Bonchev–Trinajstić information content (AvgIpc) is 2.53. The zero-order valence-corrected chi connectivity index (χ0v) is 7.99. The van der Waals surface area contributed by atoms with Gasteiger partial charge < -0.3 is 5.32 Å². The van der Waals surface area contributed by atoms with E-state index in [4.69, 9.17) is 5.26 Å². The van der Waals surface area contributed by atoms with Gasteiger partial charge in [0.15, 0.2) is 0 Å². The predicted octanol–water partition coefficient (Wildman–Crippen LogP) is 1.79. The molecular formula is C9H14N4. The minimum atomic E-state index is 0.381. The van der Waals surface area contributed by atoms with Crippen molar-refractivity contribution in [2.45, 2.75) is 26.3 Å². The Balaban J connectivity index is 2.45. The minimum absolute atomic E-state index is 0.381. The highest BCUT2D eigenvalue weighted by Crippen LogP contribution is 2.07. The van der Waals surface area contributed by atoms with Gasteiger partial charge in [-0.1, -0.05) is 0 Å². The maximum atomic E-state index is 8.32. The molecule has 0 aliphatic carbocycles. The Labute approximate surface area is 78.2 Å². The van der Waals surface area contributed by atoms with Crippen LogP contribution in [-0.4, -0.2) is 16.3 Å². The van der Waals surface area contributed by atoms with Gasteiger partial charge in [-0.3, -0.25) is 4.68 Å². The van der Waals surface area contributed by atoms with E-state index in [9.17, 15) is 0 Å². The Bertz CT molecular complexity index is 295. The van der Waals surface area contributed by atoms with Crippen molar-refractivity contribution >= 4 is 5.82 Å². The van der Waals surface area contributed by atoms with Crippen LogP contribution in [0.2, 0.25) is 0 Å². The Morgan fingerprint density at radius 3 is 3.00 bits per heavy atom. The van der Waals surface area contributed by atoms with E-state index >= 15 is 0 Å². The predicted molar refractivity (Wildman–Crippen MR) is 51.3 cm³/mol. The third kappa shape index (κ3) is 2.79. The van der Waals surface area contributed by atoms with E-state index in [1.54, 1.807) is 0 Å². The third-order valence-electron chi connectivity index (χ3n) is 1.68. The molecule has 0 aliphatic rings. The molecule has 0 bridgehead atoms. The highest BCUT2D eigenvalue weighted by Gasteiger charge is 1.99. The lowest BCUT2D eigenvalue weighted by molar-refractivity contribution is 0.534. The molecule has 1 aromatic heterocycles. The second-order valence-corrected chi connectivity index (χ2v) is 3.11. The zero-order valence-electron chi connectivity index (χ0n) is 7.99. The SMILES string of the molecule is CC(C)n1ccc(NCCC#N)n1.